The van der Waals surface area contributed by atoms with Gasteiger partial charge < -0.3 is 10.2 Å². The summed E-state index contributed by atoms with van der Waals surface area (Å²) < 4.78 is 27.5. The highest BCUT2D eigenvalue weighted by Crippen LogP contribution is 2.35. The van der Waals surface area contributed by atoms with E-state index in [9.17, 15) is 33.1 Å². The van der Waals surface area contributed by atoms with Crippen LogP contribution >= 0.6 is 0 Å². The predicted octanol–water partition coefficient (Wildman–Crippen LogP) is 3.83. The fourth-order valence-corrected chi connectivity index (χ4v) is 3.38. The second-order valence-electron chi connectivity index (χ2n) is 6.67. The first-order valence-electron chi connectivity index (χ1n) is 8.78. The van der Waals surface area contributed by atoms with Gasteiger partial charge in [-0.2, -0.15) is 0 Å². The number of hydrogen-bond donors (Lipinski definition) is 2. The van der Waals surface area contributed by atoms with Crippen LogP contribution in [0.5, 0.6) is 0 Å². The minimum Gasteiger partial charge on any atom is -0.478 e. The van der Waals surface area contributed by atoms with Crippen LogP contribution in [0.2, 0.25) is 0 Å². The van der Waals surface area contributed by atoms with E-state index in [1.165, 1.54) is 12.1 Å². The lowest BCUT2D eigenvalue weighted by atomic mass is 10.0. The van der Waals surface area contributed by atoms with Crippen LogP contribution in [0.3, 0.4) is 0 Å². The van der Waals surface area contributed by atoms with E-state index in [0.29, 0.717) is 11.0 Å². The number of hydrogen-bond acceptors (Lipinski definition) is 4. The summed E-state index contributed by atoms with van der Waals surface area (Å²) in [5.41, 5.74) is -1.19. The number of anilines is 1. The van der Waals surface area contributed by atoms with E-state index in [1.807, 2.05) is 0 Å². The maximum Gasteiger partial charge on any atom is 0.337 e. The monoisotopic (exact) mass is 423 g/mol. The van der Waals surface area contributed by atoms with E-state index in [-0.39, 0.29) is 33.5 Å². The van der Waals surface area contributed by atoms with Crippen molar-refractivity contribution in [3.8, 4) is 11.1 Å². The van der Waals surface area contributed by atoms with Crippen molar-refractivity contribution >= 4 is 29.4 Å². The molecular formula is C22H11F2NO6. The van der Waals surface area contributed by atoms with Gasteiger partial charge in [0.1, 0.15) is 11.6 Å². The molecule has 1 heterocycles. The van der Waals surface area contributed by atoms with Gasteiger partial charge in [0.25, 0.3) is 11.8 Å². The van der Waals surface area contributed by atoms with Crippen LogP contribution in [-0.2, 0) is 0 Å². The van der Waals surface area contributed by atoms with Gasteiger partial charge in [-0.3, -0.25) is 9.59 Å². The lowest BCUT2D eigenvalue weighted by molar-refractivity contribution is 0.0686. The van der Waals surface area contributed by atoms with Gasteiger partial charge in [0.05, 0.1) is 27.9 Å². The Hall–Kier alpha value is -4.40. The fourth-order valence-electron chi connectivity index (χ4n) is 3.38. The maximum absolute atomic E-state index is 14.2. The molecule has 3 aromatic rings. The number of carboxylic acid groups (broad SMARTS) is 2. The number of amides is 2. The Labute approximate surface area is 172 Å². The van der Waals surface area contributed by atoms with Crippen molar-refractivity contribution in [3.05, 3.63) is 88.5 Å². The number of rotatable bonds is 4. The molecule has 0 spiro atoms. The quantitative estimate of drug-likeness (QED) is 0.617. The van der Waals surface area contributed by atoms with Gasteiger partial charge in [0.2, 0.25) is 0 Å². The Morgan fingerprint density at radius 1 is 0.742 bits per heavy atom. The van der Waals surface area contributed by atoms with Crippen LogP contribution in [0, 0.1) is 11.6 Å². The molecule has 1 aliphatic rings. The lowest BCUT2D eigenvalue weighted by Crippen LogP contribution is -2.31. The van der Waals surface area contributed by atoms with Crippen LogP contribution in [0.1, 0.15) is 41.4 Å². The topological polar surface area (TPSA) is 112 Å². The van der Waals surface area contributed by atoms with Gasteiger partial charge in [-0.05, 0) is 48.0 Å². The molecule has 0 unspecified atom stereocenters. The normalized spacial score (nSPS) is 12.8. The second-order valence-corrected chi connectivity index (χ2v) is 6.67. The van der Waals surface area contributed by atoms with Crippen LogP contribution in [-0.4, -0.2) is 34.0 Å². The molecule has 0 bridgehead atoms. The van der Waals surface area contributed by atoms with E-state index < -0.39 is 41.0 Å². The number of halogens is 2. The molecule has 0 saturated carbocycles. The summed E-state index contributed by atoms with van der Waals surface area (Å²) in [7, 11) is 0. The van der Waals surface area contributed by atoms with E-state index >= 15 is 0 Å². The number of carboxylic acids is 2. The average Bonchev–Trinajstić information content (AvgIpc) is 2.97. The smallest absolute Gasteiger partial charge is 0.337 e. The molecule has 3 aromatic carbocycles. The summed E-state index contributed by atoms with van der Waals surface area (Å²) in [6.07, 6.45) is 0. The van der Waals surface area contributed by atoms with Gasteiger partial charge in [0.15, 0.2) is 0 Å². The van der Waals surface area contributed by atoms with Gasteiger partial charge in [-0.15, -0.1) is 0 Å². The van der Waals surface area contributed by atoms with Crippen molar-refractivity contribution in [2.45, 2.75) is 0 Å². The summed E-state index contributed by atoms with van der Waals surface area (Å²) in [6.45, 7) is 0. The number of carbonyl (C=O) groups is 4. The van der Waals surface area contributed by atoms with E-state index in [1.54, 1.807) is 0 Å². The minimum absolute atomic E-state index is 0.0654. The number of benzene rings is 3. The molecular weight excluding hydrogens is 412 g/mol. The predicted molar refractivity (Wildman–Crippen MR) is 103 cm³/mol. The SMILES string of the molecule is O=C(O)c1ccc2c(c1)C(=O)N(c1cc(-c3ccc(F)cc3F)ccc1C(=O)O)C2=O. The third-order valence-electron chi connectivity index (χ3n) is 4.84. The fraction of sp³-hybridized carbons (Fsp3) is 0. The molecule has 0 aromatic heterocycles. The molecule has 4 rings (SSSR count). The third-order valence-corrected chi connectivity index (χ3v) is 4.84. The molecule has 2 N–H and O–H groups in total. The molecule has 1 aliphatic heterocycles. The average molecular weight is 423 g/mol. The first-order valence-corrected chi connectivity index (χ1v) is 8.78. The Morgan fingerprint density at radius 3 is 2.06 bits per heavy atom. The largest absolute Gasteiger partial charge is 0.478 e. The Kier molecular flexibility index (Phi) is 4.58. The Morgan fingerprint density at radius 2 is 1.42 bits per heavy atom. The zero-order valence-electron chi connectivity index (χ0n) is 15.4. The number of aromatic carboxylic acids is 2. The third kappa shape index (κ3) is 3.21. The summed E-state index contributed by atoms with van der Waals surface area (Å²) >= 11 is 0. The molecule has 0 fully saturated rings. The first kappa shape index (κ1) is 19.9. The standard InChI is InChI=1S/C22H11F2NO6/c23-12-3-6-13(17(24)9-12)10-1-5-15(22(30)31)18(8-10)25-19(26)14-4-2-11(21(28)29)7-16(14)20(25)27/h1-9H,(H,28,29)(H,30,31). The Bertz CT molecular complexity index is 1320. The summed E-state index contributed by atoms with van der Waals surface area (Å²) in [5, 5.41) is 18.7. The van der Waals surface area contributed by atoms with Crippen LogP contribution in [0.15, 0.2) is 54.6 Å². The Balaban J connectivity index is 1.88. The number of nitrogens with zero attached hydrogens (tertiary/aromatic N) is 1. The van der Waals surface area contributed by atoms with Gasteiger partial charge in [-0.1, -0.05) is 6.07 Å². The summed E-state index contributed by atoms with van der Waals surface area (Å²) in [4.78, 5) is 49.3. The number of imide groups is 1. The van der Waals surface area contributed by atoms with Crippen molar-refractivity contribution in [1.82, 2.24) is 0 Å². The molecule has 9 heteroatoms. The highest BCUT2D eigenvalue weighted by atomic mass is 19.1. The van der Waals surface area contributed by atoms with E-state index in [0.717, 1.165) is 36.4 Å². The van der Waals surface area contributed by atoms with Gasteiger partial charge in [-0.25, -0.2) is 23.3 Å². The van der Waals surface area contributed by atoms with Gasteiger partial charge >= 0.3 is 11.9 Å². The highest BCUT2D eigenvalue weighted by molar-refractivity contribution is 6.35. The molecule has 0 atom stereocenters. The molecule has 0 aliphatic carbocycles. The maximum atomic E-state index is 14.2. The van der Waals surface area contributed by atoms with Crippen molar-refractivity contribution in [2.24, 2.45) is 0 Å². The molecule has 0 saturated heterocycles. The first-order chi connectivity index (χ1) is 14.7. The molecule has 0 radical (unpaired) electrons. The molecule has 2 amide bonds. The van der Waals surface area contributed by atoms with Crippen LogP contribution in [0.25, 0.3) is 11.1 Å². The number of fused-ring (bicyclic) bond motifs is 1. The summed E-state index contributed by atoms with van der Waals surface area (Å²) in [6, 6.07) is 9.66. The minimum atomic E-state index is -1.44. The van der Waals surface area contributed by atoms with Crippen molar-refractivity contribution < 1.29 is 38.2 Å². The van der Waals surface area contributed by atoms with E-state index in [2.05, 4.69) is 0 Å². The molecule has 31 heavy (non-hydrogen) atoms. The molecule has 154 valence electrons. The van der Waals surface area contributed by atoms with Gasteiger partial charge in [0, 0.05) is 11.6 Å². The summed E-state index contributed by atoms with van der Waals surface area (Å²) in [5.74, 6) is -6.23. The van der Waals surface area contributed by atoms with Crippen LogP contribution in [0.4, 0.5) is 14.5 Å². The van der Waals surface area contributed by atoms with Crippen LogP contribution < -0.4 is 4.90 Å². The molecule has 7 nitrogen and oxygen atoms in total. The zero-order valence-corrected chi connectivity index (χ0v) is 15.4. The lowest BCUT2D eigenvalue weighted by Gasteiger charge is -2.18. The number of carbonyl (C=O) groups excluding carboxylic acids is 2. The van der Waals surface area contributed by atoms with Crippen molar-refractivity contribution in [3.63, 3.8) is 0 Å². The highest BCUT2D eigenvalue weighted by Gasteiger charge is 2.39. The zero-order chi connectivity index (χ0) is 22.4. The van der Waals surface area contributed by atoms with E-state index in [4.69, 9.17) is 5.11 Å². The van der Waals surface area contributed by atoms with Crippen molar-refractivity contribution in [2.75, 3.05) is 4.90 Å². The van der Waals surface area contributed by atoms with Crippen molar-refractivity contribution in [1.29, 1.82) is 0 Å². The second kappa shape index (κ2) is 7.13.